The zero-order valence-corrected chi connectivity index (χ0v) is 13.2. The molecule has 1 N–H and O–H groups in total. The molecule has 1 aliphatic rings. The van der Waals surface area contributed by atoms with Crippen LogP contribution in [-0.4, -0.2) is 39.3 Å². The second-order valence-corrected chi connectivity index (χ2v) is 5.84. The molecule has 3 heterocycles. The van der Waals surface area contributed by atoms with Gasteiger partial charge in [0.1, 0.15) is 18.8 Å². The molecule has 1 aliphatic heterocycles. The molecule has 4 rings (SSSR count). The number of fused-ring (bicyclic) bond motifs is 1. The summed E-state index contributed by atoms with van der Waals surface area (Å²) in [5.41, 5.74) is 0.703. The standard InChI is InChI=1S/C18H18N4O2/c23-15-7-1-2-8-16(15)24-11-13-5-4-10-22(13)18-14-6-3-9-19-17(14)20-12-21-18/h1-3,6-9,12-13,23H,4-5,10-11H2/t13-/m1/s1. The number of hydrogen-bond donors (Lipinski definition) is 1. The van der Waals surface area contributed by atoms with E-state index in [4.69, 9.17) is 4.74 Å². The number of ether oxygens (including phenoxy) is 1. The molecule has 3 aromatic rings. The first-order valence-electron chi connectivity index (χ1n) is 8.06. The van der Waals surface area contributed by atoms with E-state index in [1.807, 2.05) is 18.2 Å². The van der Waals surface area contributed by atoms with Crippen LogP contribution < -0.4 is 9.64 Å². The van der Waals surface area contributed by atoms with Gasteiger partial charge in [0.05, 0.1) is 11.4 Å². The van der Waals surface area contributed by atoms with Crippen LogP contribution in [-0.2, 0) is 0 Å². The molecule has 6 heteroatoms. The molecule has 0 saturated carbocycles. The molecule has 0 unspecified atom stereocenters. The van der Waals surface area contributed by atoms with Gasteiger partial charge in [0.15, 0.2) is 17.1 Å². The predicted molar refractivity (Wildman–Crippen MR) is 91.3 cm³/mol. The first-order chi connectivity index (χ1) is 11.8. The summed E-state index contributed by atoms with van der Waals surface area (Å²) >= 11 is 0. The van der Waals surface area contributed by atoms with Gasteiger partial charge in [0.2, 0.25) is 0 Å². The number of pyridine rings is 1. The number of aromatic hydroxyl groups is 1. The third-order valence-electron chi connectivity index (χ3n) is 4.33. The molecule has 1 saturated heterocycles. The monoisotopic (exact) mass is 322 g/mol. The van der Waals surface area contributed by atoms with Crippen LogP contribution in [0.5, 0.6) is 11.5 Å². The van der Waals surface area contributed by atoms with E-state index >= 15 is 0 Å². The van der Waals surface area contributed by atoms with Crippen molar-refractivity contribution in [2.75, 3.05) is 18.1 Å². The maximum absolute atomic E-state index is 9.84. The largest absolute Gasteiger partial charge is 0.504 e. The van der Waals surface area contributed by atoms with Gasteiger partial charge in [-0.2, -0.15) is 0 Å². The molecule has 1 atom stereocenters. The van der Waals surface area contributed by atoms with Crippen molar-refractivity contribution in [3.05, 3.63) is 48.9 Å². The van der Waals surface area contributed by atoms with E-state index < -0.39 is 0 Å². The van der Waals surface area contributed by atoms with Gasteiger partial charge < -0.3 is 14.7 Å². The zero-order valence-electron chi connectivity index (χ0n) is 13.2. The lowest BCUT2D eigenvalue weighted by atomic mass is 10.2. The summed E-state index contributed by atoms with van der Waals surface area (Å²) in [5, 5.41) is 10.8. The normalized spacial score (nSPS) is 17.3. The number of phenols is 1. The minimum atomic E-state index is 0.165. The minimum Gasteiger partial charge on any atom is -0.504 e. The molecular weight excluding hydrogens is 304 g/mol. The van der Waals surface area contributed by atoms with Gasteiger partial charge >= 0.3 is 0 Å². The predicted octanol–water partition coefficient (Wildman–Crippen LogP) is 2.78. The number of rotatable bonds is 4. The first-order valence-corrected chi connectivity index (χ1v) is 8.06. The van der Waals surface area contributed by atoms with Gasteiger partial charge in [0, 0.05) is 12.7 Å². The zero-order chi connectivity index (χ0) is 16.4. The molecule has 0 aliphatic carbocycles. The Hall–Kier alpha value is -2.89. The average molecular weight is 322 g/mol. The molecule has 1 fully saturated rings. The summed E-state index contributed by atoms with van der Waals surface area (Å²) in [6, 6.07) is 11.2. The molecule has 0 bridgehead atoms. The summed E-state index contributed by atoms with van der Waals surface area (Å²) in [6.45, 7) is 1.43. The fourth-order valence-corrected chi connectivity index (χ4v) is 3.16. The Balaban J connectivity index is 1.57. The molecular formula is C18H18N4O2. The van der Waals surface area contributed by atoms with E-state index in [2.05, 4.69) is 19.9 Å². The first kappa shape index (κ1) is 14.7. The fraction of sp³-hybridized carbons (Fsp3) is 0.278. The van der Waals surface area contributed by atoms with Crippen LogP contribution in [0.4, 0.5) is 5.82 Å². The minimum absolute atomic E-state index is 0.165. The van der Waals surface area contributed by atoms with E-state index in [0.29, 0.717) is 18.0 Å². The number of benzene rings is 1. The number of phenolic OH excluding ortho intramolecular Hbond substituents is 1. The van der Waals surface area contributed by atoms with Crippen LogP contribution in [0.2, 0.25) is 0 Å². The lowest BCUT2D eigenvalue weighted by Gasteiger charge is -2.26. The molecule has 0 amide bonds. The van der Waals surface area contributed by atoms with Crippen molar-refractivity contribution in [3.8, 4) is 11.5 Å². The highest BCUT2D eigenvalue weighted by molar-refractivity contribution is 5.86. The van der Waals surface area contributed by atoms with Crippen molar-refractivity contribution in [3.63, 3.8) is 0 Å². The molecule has 24 heavy (non-hydrogen) atoms. The second kappa shape index (κ2) is 6.31. The Morgan fingerprint density at radius 1 is 1.12 bits per heavy atom. The van der Waals surface area contributed by atoms with Gasteiger partial charge in [-0.15, -0.1) is 0 Å². The van der Waals surface area contributed by atoms with Gasteiger partial charge in [0.25, 0.3) is 0 Å². The van der Waals surface area contributed by atoms with Gasteiger partial charge in [-0.3, -0.25) is 0 Å². The van der Waals surface area contributed by atoms with Gasteiger partial charge in [-0.05, 0) is 37.1 Å². The van der Waals surface area contributed by atoms with Crippen molar-refractivity contribution in [1.82, 2.24) is 15.0 Å². The Morgan fingerprint density at radius 3 is 2.96 bits per heavy atom. The highest BCUT2D eigenvalue weighted by Crippen LogP contribution is 2.30. The van der Waals surface area contributed by atoms with Crippen LogP contribution in [0.1, 0.15) is 12.8 Å². The van der Waals surface area contributed by atoms with Crippen LogP contribution in [0.3, 0.4) is 0 Å². The molecule has 6 nitrogen and oxygen atoms in total. The van der Waals surface area contributed by atoms with E-state index in [0.717, 1.165) is 30.6 Å². The van der Waals surface area contributed by atoms with E-state index in [1.165, 1.54) is 0 Å². The van der Waals surface area contributed by atoms with Crippen molar-refractivity contribution >= 4 is 16.9 Å². The fourth-order valence-electron chi connectivity index (χ4n) is 3.16. The smallest absolute Gasteiger partial charge is 0.164 e. The lowest BCUT2D eigenvalue weighted by Crippen LogP contribution is -2.35. The highest BCUT2D eigenvalue weighted by atomic mass is 16.5. The Labute approximate surface area is 139 Å². The number of anilines is 1. The van der Waals surface area contributed by atoms with Crippen molar-refractivity contribution < 1.29 is 9.84 Å². The average Bonchev–Trinajstić information content (AvgIpc) is 3.09. The summed E-state index contributed by atoms with van der Waals surface area (Å²) in [6.07, 6.45) is 5.41. The van der Waals surface area contributed by atoms with Crippen LogP contribution in [0, 0.1) is 0 Å². The lowest BCUT2D eigenvalue weighted by molar-refractivity contribution is 0.275. The van der Waals surface area contributed by atoms with Crippen LogP contribution >= 0.6 is 0 Å². The Morgan fingerprint density at radius 2 is 2.04 bits per heavy atom. The molecule has 122 valence electrons. The Kier molecular flexibility index (Phi) is 3.86. The Bertz CT molecular complexity index is 850. The number of para-hydroxylation sites is 2. The van der Waals surface area contributed by atoms with Crippen molar-refractivity contribution in [2.45, 2.75) is 18.9 Å². The number of hydrogen-bond acceptors (Lipinski definition) is 6. The van der Waals surface area contributed by atoms with Gasteiger partial charge in [-0.1, -0.05) is 12.1 Å². The van der Waals surface area contributed by atoms with Gasteiger partial charge in [-0.25, -0.2) is 15.0 Å². The van der Waals surface area contributed by atoms with Crippen molar-refractivity contribution in [2.24, 2.45) is 0 Å². The number of aromatic nitrogens is 3. The topological polar surface area (TPSA) is 71.4 Å². The quantitative estimate of drug-likeness (QED) is 0.796. The van der Waals surface area contributed by atoms with E-state index in [-0.39, 0.29) is 11.8 Å². The highest BCUT2D eigenvalue weighted by Gasteiger charge is 2.28. The van der Waals surface area contributed by atoms with Crippen LogP contribution in [0.15, 0.2) is 48.9 Å². The van der Waals surface area contributed by atoms with E-state index in [1.54, 1.807) is 30.7 Å². The third kappa shape index (κ3) is 2.71. The van der Waals surface area contributed by atoms with Crippen molar-refractivity contribution in [1.29, 1.82) is 0 Å². The summed E-state index contributed by atoms with van der Waals surface area (Å²) < 4.78 is 5.83. The maximum atomic E-state index is 9.84. The number of nitrogens with zero attached hydrogens (tertiary/aromatic N) is 4. The van der Waals surface area contributed by atoms with Crippen LogP contribution in [0.25, 0.3) is 11.0 Å². The summed E-state index contributed by atoms with van der Waals surface area (Å²) in [5.74, 6) is 1.58. The second-order valence-electron chi connectivity index (χ2n) is 5.84. The summed E-state index contributed by atoms with van der Waals surface area (Å²) in [4.78, 5) is 15.3. The maximum Gasteiger partial charge on any atom is 0.164 e. The molecule has 0 radical (unpaired) electrons. The summed E-state index contributed by atoms with van der Waals surface area (Å²) in [7, 11) is 0. The van der Waals surface area contributed by atoms with E-state index in [9.17, 15) is 5.11 Å². The molecule has 1 aromatic carbocycles. The molecule has 2 aromatic heterocycles. The third-order valence-corrected chi connectivity index (χ3v) is 4.33. The molecule has 0 spiro atoms. The SMILES string of the molecule is Oc1ccccc1OC[C@H]1CCCN1c1ncnc2ncccc12.